The third-order valence-corrected chi connectivity index (χ3v) is 3.36. The van der Waals surface area contributed by atoms with E-state index in [-0.39, 0.29) is 11.3 Å². The molecule has 0 aliphatic carbocycles. The molecule has 2 aliphatic heterocycles. The van der Waals surface area contributed by atoms with E-state index in [0.717, 1.165) is 23.9 Å². The molecule has 0 aromatic rings. The molecule has 2 heterocycles. The lowest BCUT2D eigenvalue weighted by atomic mass is 9.85. The monoisotopic (exact) mass is 289 g/mol. The summed E-state index contributed by atoms with van der Waals surface area (Å²) in [5.74, 6) is 1.50. The minimum atomic E-state index is -0.181. The van der Waals surface area contributed by atoms with Crippen molar-refractivity contribution in [2.45, 2.75) is 34.6 Å². The molecule has 5 heteroatoms. The summed E-state index contributed by atoms with van der Waals surface area (Å²) < 4.78 is 5.65. The first kappa shape index (κ1) is 15.4. The van der Waals surface area contributed by atoms with Crippen LogP contribution in [-0.2, 0) is 9.53 Å². The van der Waals surface area contributed by atoms with Crippen LogP contribution in [0.5, 0.6) is 0 Å². The summed E-state index contributed by atoms with van der Waals surface area (Å²) in [6, 6.07) is 0. The number of hydrazone groups is 1. The van der Waals surface area contributed by atoms with Gasteiger partial charge in [-0.2, -0.15) is 5.10 Å². The molecule has 0 saturated carbocycles. The van der Waals surface area contributed by atoms with Gasteiger partial charge in [-0.1, -0.05) is 20.8 Å². The molecule has 1 amide bonds. The van der Waals surface area contributed by atoms with Gasteiger partial charge in [-0.3, -0.25) is 4.79 Å². The first-order valence-electron chi connectivity index (χ1n) is 7.16. The molecule has 21 heavy (non-hydrogen) atoms. The fourth-order valence-electron chi connectivity index (χ4n) is 2.29. The van der Waals surface area contributed by atoms with Gasteiger partial charge in [-0.15, -0.1) is 0 Å². The van der Waals surface area contributed by atoms with Gasteiger partial charge in [0.15, 0.2) is 5.88 Å². The van der Waals surface area contributed by atoms with Gasteiger partial charge in [0.25, 0.3) is 5.91 Å². The van der Waals surface area contributed by atoms with Gasteiger partial charge in [-0.25, -0.2) is 5.01 Å². The summed E-state index contributed by atoms with van der Waals surface area (Å²) >= 11 is 0. The van der Waals surface area contributed by atoms with Gasteiger partial charge in [0, 0.05) is 25.2 Å². The summed E-state index contributed by atoms with van der Waals surface area (Å²) in [6.07, 6.45) is 5.59. The quantitative estimate of drug-likeness (QED) is 0.734. The van der Waals surface area contributed by atoms with Crippen LogP contribution in [0.15, 0.2) is 40.7 Å². The zero-order valence-corrected chi connectivity index (χ0v) is 13.6. The summed E-state index contributed by atoms with van der Waals surface area (Å²) in [4.78, 5) is 14.2. The molecule has 5 nitrogen and oxygen atoms in total. The predicted molar refractivity (Wildman–Crippen MR) is 83.0 cm³/mol. The van der Waals surface area contributed by atoms with E-state index in [4.69, 9.17) is 4.74 Å². The van der Waals surface area contributed by atoms with Gasteiger partial charge < -0.3 is 9.64 Å². The van der Waals surface area contributed by atoms with Crippen LogP contribution < -0.4 is 0 Å². The van der Waals surface area contributed by atoms with E-state index in [1.807, 2.05) is 24.1 Å². The zero-order chi connectivity index (χ0) is 15.8. The largest absolute Gasteiger partial charge is 0.444 e. The third kappa shape index (κ3) is 3.01. The van der Waals surface area contributed by atoms with Gasteiger partial charge >= 0.3 is 0 Å². The van der Waals surface area contributed by atoms with Crippen LogP contribution in [0.1, 0.15) is 34.6 Å². The number of amides is 1. The number of carbonyl (C=O) groups is 1. The zero-order valence-electron chi connectivity index (χ0n) is 13.6. The first-order chi connectivity index (χ1) is 9.74. The first-order valence-corrected chi connectivity index (χ1v) is 7.16. The molecule has 0 N–H and O–H groups in total. The molecule has 0 radical (unpaired) electrons. The van der Waals surface area contributed by atoms with Crippen LogP contribution in [0.4, 0.5) is 0 Å². The standard InChI is InChI=1S/C16H23N3O2/c1-7-19-10-11(2)21-13(19)9-8-12-14(16(3,4)5)17-18(6)15(12)20/h8-10H,7H2,1-6H3/b12-8+,13-9+. The average molecular weight is 289 g/mol. The highest BCUT2D eigenvalue weighted by Crippen LogP contribution is 2.28. The number of carbonyl (C=O) groups excluding carboxylic acids is 1. The summed E-state index contributed by atoms with van der Waals surface area (Å²) in [5.41, 5.74) is 1.25. The fourth-order valence-corrected chi connectivity index (χ4v) is 2.29. The third-order valence-electron chi connectivity index (χ3n) is 3.36. The van der Waals surface area contributed by atoms with E-state index >= 15 is 0 Å². The molecule has 0 unspecified atom stereocenters. The van der Waals surface area contributed by atoms with Crippen molar-refractivity contribution < 1.29 is 9.53 Å². The van der Waals surface area contributed by atoms with E-state index in [1.165, 1.54) is 5.01 Å². The summed E-state index contributed by atoms with van der Waals surface area (Å²) in [7, 11) is 1.68. The Balaban J connectivity index is 2.32. The number of likely N-dealkylation sites (N-methyl/N-ethyl adjacent to an activating group) is 1. The highest BCUT2D eigenvalue weighted by molar-refractivity contribution is 6.26. The number of hydrogen-bond donors (Lipinski definition) is 0. The average Bonchev–Trinajstić information content (AvgIpc) is 2.88. The Morgan fingerprint density at radius 3 is 2.57 bits per heavy atom. The van der Waals surface area contributed by atoms with Crippen molar-refractivity contribution in [3.05, 3.63) is 35.6 Å². The number of rotatable bonds is 2. The van der Waals surface area contributed by atoms with Crippen LogP contribution in [0.25, 0.3) is 0 Å². The second-order valence-electron chi connectivity index (χ2n) is 6.24. The lowest BCUT2D eigenvalue weighted by molar-refractivity contribution is -0.124. The van der Waals surface area contributed by atoms with Crippen molar-refractivity contribution >= 4 is 11.6 Å². The molecule has 0 saturated heterocycles. The Morgan fingerprint density at radius 2 is 2.00 bits per heavy atom. The highest BCUT2D eigenvalue weighted by Gasteiger charge is 2.34. The van der Waals surface area contributed by atoms with Gasteiger partial charge in [-0.05, 0) is 26.0 Å². The minimum Gasteiger partial charge on any atom is -0.444 e. The maximum atomic E-state index is 12.2. The number of ether oxygens (including phenoxy) is 1. The maximum Gasteiger partial charge on any atom is 0.275 e. The lowest BCUT2D eigenvalue weighted by Crippen LogP contribution is -2.23. The Labute approximate surface area is 126 Å². The van der Waals surface area contributed by atoms with Crippen molar-refractivity contribution in [1.29, 1.82) is 0 Å². The Bertz CT molecular complexity index is 577. The topological polar surface area (TPSA) is 45.1 Å². The second-order valence-corrected chi connectivity index (χ2v) is 6.24. The smallest absolute Gasteiger partial charge is 0.275 e. The Morgan fingerprint density at radius 1 is 1.33 bits per heavy atom. The Hall–Kier alpha value is -2.04. The Kier molecular flexibility index (Phi) is 3.94. The molecule has 0 bridgehead atoms. The van der Waals surface area contributed by atoms with E-state index in [9.17, 15) is 4.79 Å². The van der Waals surface area contributed by atoms with E-state index < -0.39 is 0 Å². The predicted octanol–water partition coefficient (Wildman–Crippen LogP) is 2.84. The molecule has 114 valence electrons. The van der Waals surface area contributed by atoms with Crippen LogP contribution >= 0.6 is 0 Å². The lowest BCUT2D eigenvalue weighted by Gasteiger charge is -2.18. The minimum absolute atomic E-state index is 0.0810. The van der Waals surface area contributed by atoms with Gasteiger partial charge in [0.1, 0.15) is 5.76 Å². The molecular weight excluding hydrogens is 266 g/mol. The summed E-state index contributed by atoms with van der Waals surface area (Å²) in [5, 5.41) is 5.75. The van der Waals surface area contributed by atoms with Crippen LogP contribution in [0.2, 0.25) is 0 Å². The molecule has 0 atom stereocenters. The molecule has 0 aromatic carbocycles. The second kappa shape index (κ2) is 5.39. The van der Waals surface area contributed by atoms with Crippen molar-refractivity contribution in [2.24, 2.45) is 10.5 Å². The van der Waals surface area contributed by atoms with Crippen molar-refractivity contribution in [3.8, 4) is 0 Å². The molecule has 2 rings (SSSR count). The van der Waals surface area contributed by atoms with E-state index in [2.05, 4.69) is 32.8 Å². The van der Waals surface area contributed by atoms with Gasteiger partial charge in [0.2, 0.25) is 0 Å². The van der Waals surface area contributed by atoms with E-state index in [0.29, 0.717) is 5.57 Å². The summed E-state index contributed by atoms with van der Waals surface area (Å²) in [6.45, 7) is 10.9. The van der Waals surface area contributed by atoms with Crippen molar-refractivity contribution in [2.75, 3.05) is 13.6 Å². The highest BCUT2D eigenvalue weighted by atomic mass is 16.5. The SMILES string of the molecule is CCN1C=C(C)O/C1=C/C=C1/C(=O)N(C)N=C1C(C)(C)C. The van der Waals surface area contributed by atoms with Crippen LogP contribution in [0.3, 0.4) is 0 Å². The number of hydrogen-bond acceptors (Lipinski definition) is 4. The van der Waals surface area contributed by atoms with Crippen molar-refractivity contribution in [1.82, 2.24) is 9.91 Å². The molecule has 2 aliphatic rings. The van der Waals surface area contributed by atoms with Crippen LogP contribution in [-0.4, -0.2) is 35.1 Å². The fraction of sp³-hybridized carbons (Fsp3) is 0.500. The molecule has 0 fully saturated rings. The van der Waals surface area contributed by atoms with Crippen molar-refractivity contribution in [3.63, 3.8) is 0 Å². The molecular formula is C16H23N3O2. The van der Waals surface area contributed by atoms with Gasteiger partial charge in [0.05, 0.1) is 11.3 Å². The normalized spacial score (nSPS) is 23.0. The molecule has 0 aromatic heterocycles. The van der Waals surface area contributed by atoms with E-state index in [1.54, 1.807) is 13.1 Å². The number of nitrogens with zero attached hydrogens (tertiary/aromatic N) is 3. The van der Waals surface area contributed by atoms with Crippen LogP contribution in [0, 0.1) is 5.41 Å². The maximum absolute atomic E-state index is 12.2. The molecule has 0 spiro atoms. The number of allylic oxidation sites excluding steroid dienone is 3.